The van der Waals surface area contributed by atoms with Crippen LogP contribution in [0.3, 0.4) is 0 Å². The van der Waals surface area contributed by atoms with Crippen LogP contribution in [-0.2, 0) is 0 Å². The Morgan fingerprint density at radius 2 is 1.19 bits per heavy atom. The lowest BCUT2D eigenvalue weighted by Crippen LogP contribution is -2.04. The highest BCUT2D eigenvalue weighted by molar-refractivity contribution is 6.22. The van der Waals surface area contributed by atoms with E-state index in [4.69, 9.17) is 19.4 Å². The molecular weight excluding hydrogens is 757 g/mol. The first-order chi connectivity index (χ1) is 30.7. The first-order valence-corrected chi connectivity index (χ1v) is 21.2. The molecule has 1 aliphatic carbocycles. The smallest absolute Gasteiger partial charge is 0.164 e. The summed E-state index contributed by atoms with van der Waals surface area (Å²) in [5.74, 6) is 2.20. The second-order valence-corrected chi connectivity index (χ2v) is 16.3. The number of rotatable bonds is 5. The van der Waals surface area contributed by atoms with Crippen molar-refractivity contribution in [2.45, 2.75) is 12.3 Å². The number of hydrogen-bond donors (Lipinski definition) is 0. The van der Waals surface area contributed by atoms with E-state index in [1.54, 1.807) is 0 Å². The minimum absolute atomic E-state index is 0.249. The fourth-order valence-electron chi connectivity index (χ4n) is 9.78. The van der Waals surface area contributed by atoms with E-state index >= 15 is 0 Å². The van der Waals surface area contributed by atoms with Crippen LogP contribution in [0.15, 0.2) is 205 Å². The third-order valence-corrected chi connectivity index (χ3v) is 12.7. The SMILES string of the molecule is C1=CCC(c2ccccc2-c2nc(-c3ccccc3)nc(-c3ccc4c(ccc5oc6ccc(-n7c8cc9ccccc9cc8c8ccc9ccccc9c87)cc6c54)c3)n2)C=C1. The van der Waals surface area contributed by atoms with Crippen LogP contribution in [0.5, 0.6) is 0 Å². The molecule has 3 aromatic heterocycles. The third kappa shape index (κ3) is 5.45. The van der Waals surface area contributed by atoms with E-state index in [0.29, 0.717) is 17.5 Å². The number of fused-ring (bicyclic) bond motifs is 11. The minimum atomic E-state index is 0.249. The fourth-order valence-corrected chi connectivity index (χ4v) is 9.78. The molecule has 1 atom stereocenters. The zero-order valence-corrected chi connectivity index (χ0v) is 33.5. The van der Waals surface area contributed by atoms with E-state index in [1.807, 2.05) is 18.2 Å². The topological polar surface area (TPSA) is 56.7 Å². The lowest BCUT2D eigenvalue weighted by atomic mass is 9.89. The molecule has 0 saturated carbocycles. The van der Waals surface area contributed by atoms with Crippen molar-refractivity contribution in [3.8, 4) is 39.9 Å². The first kappa shape index (κ1) is 34.7. The molecule has 5 nitrogen and oxygen atoms in total. The number of aromatic nitrogens is 4. The van der Waals surface area contributed by atoms with Gasteiger partial charge < -0.3 is 8.98 Å². The summed E-state index contributed by atoms with van der Waals surface area (Å²) in [4.78, 5) is 15.4. The van der Waals surface area contributed by atoms with Gasteiger partial charge in [0.1, 0.15) is 11.2 Å². The Hall–Kier alpha value is -8.15. The monoisotopic (exact) mass is 792 g/mol. The highest BCUT2D eigenvalue weighted by Gasteiger charge is 2.21. The largest absolute Gasteiger partial charge is 0.456 e. The van der Waals surface area contributed by atoms with E-state index in [9.17, 15) is 0 Å². The molecule has 9 aromatic carbocycles. The van der Waals surface area contributed by atoms with Crippen molar-refractivity contribution in [2.75, 3.05) is 0 Å². The molecule has 12 aromatic rings. The van der Waals surface area contributed by atoms with Crippen LogP contribution in [0, 0.1) is 0 Å². The van der Waals surface area contributed by atoms with Gasteiger partial charge in [-0.3, -0.25) is 0 Å². The summed E-state index contributed by atoms with van der Waals surface area (Å²) in [7, 11) is 0. The average molecular weight is 793 g/mol. The van der Waals surface area contributed by atoms with Crippen LogP contribution in [-0.4, -0.2) is 19.5 Å². The van der Waals surface area contributed by atoms with E-state index in [1.165, 1.54) is 48.9 Å². The zero-order chi connectivity index (χ0) is 40.7. The van der Waals surface area contributed by atoms with E-state index in [0.717, 1.165) is 61.5 Å². The number of nitrogens with zero attached hydrogens (tertiary/aromatic N) is 4. The number of benzene rings is 9. The molecule has 1 aliphatic rings. The summed E-state index contributed by atoms with van der Waals surface area (Å²) >= 11 is 0. The zero-order valence-electron chi connectivity index (χ0n) is 33.5. The summed E-state index contributed by atoms with van der Waals surface area (Å²) < 4.78 is 9.04. The van der Waals surface area contributed by atoms with Crippen molar-refractivity contribution in [3.63, 3.8) is 0 Å². The van der Waals surface area contributed by atoms with Gasteiger partial charge in [-0.05, 0) is 81.4 Å². The maximum Gasteiger partial charge on any atom is 0.164 e. The van der Waals surface area contributed by atoms with Gasteiger partial charge in [0.05, 0.1) is 11.0 Å². The Balaban J connectivity index is 0.997. The Morgan fingerprint density at radius 1 is 0.468 bits per heavy atom. The van der Waals surface area contributed by atoms with Gasteiger partial charge in [0.15, 0.2) is 17.5 Å². The van der Waals surface area contributed by atoms with Crippen molar-refractivity contribution < 1.29 is 4.42 Å². The highest BCUT2D eigenvalue weighted by Crippen LogP contribution is 2.42. The van der Waals surface area contributed by atoms with Crippen molar-refractivity contribution in [3.05, 3.63) is 206 Å². The minimum Gasteiger partial charge on any atom is -0.456 e. The molecule has 0 bridgehead atoms. The lowest BCUT2D eigenvalue weighted by Gasteiger charge is -2.18. The van der Waals surface area contributed by atoms with Gasteiger partial charge in [0.25, 0.3) is 0 Å². The summed E-state index contributed by atoms with van der Waals surface area (Å²) in [5, 5.41) is 11.7. The molecule has 0 fully saturated rings. The average Bonchev–Trinajstić information content (AvgIpc) is 3.89. The van der Waals surface area contributed by atoms with E-state index in [2.05, 4.69) is 187 Å². The van der Waals surface area contributed by atoms with Crippen LogP contribution >= 0.6 is 0 Å². The maximum atomic E-state index is 6.59. The lowest BCUT2D eigenvalue weighted by molar-refractivity contribution is 0.669. The molecule has 62 heavy (non-hydrogen) atoms. The first-order valence-electron chi connectivity index (χ1n) is 21.2. The fraction of sp³-hybridized carbons (Fsp3) is 0.0351. The Morgan fingerprint density at radius 3 is 2.06 bits per heavy atom. The molecule has 1 unspecified atom stereocenters. The van der Waals surface area contributed by atoms with Gasteiger partial charge in [-0.25, -0.2) is 15.0 Å². The van der Waals surface area contributed by atoms with Gasteiger partial charge in [-0.1, -0.05) is 158 Å². The molecule has 0 radical (unpaired) electrons. The molecule has 0 amide bonds. The molecule has 0 N–H and O–H groups in total. The number of furan rings is 1. The predicted octanol–water partition coefficient (Wildman–Crippen LogP) is 14.9. The van der Waals surface area contributed by atoms with Crippen LogP contribution in [0.2, 0.25) is 0 Å². The van der Waals surface area contributed by atoms with Crippen molar-refractivity contribution in [1.29, 1.82) is 0 Å². The number of allylic oxidation sites excluding steroid dienone is 4. The molecule has 0 spiro atoms. The second-order valence-electron chi connectivity index (χ2n) is 16.3. The predicted molar refractivity (Wildman–Crippen MR) is 256 cm³/mol. The quantitative estimate of drug-likeness (QED) is 0.174. The molecule has 13 rings (SSSR count). The molecule has 0 aliphatic heterocycles. The van der Waals surface area contributed by atoms with Gasteiger partial charge in [0.2, 0.25) is 0 Å². The molecular formula is C57H36N4O. The van der Waals surface area contributed by atoms with Crippen molar-refractivity contribution in [1.82, 2.24) is 19.5 Å². The van der Waals surface area contributed by atoms with Crippen LogP contribution in [0.25, 0.3) is 116 Å². The maximum absolute atomic E-state index is 6.59. The van der Waals surface area contributed by atoms with Crippen LogP contribution < -0.4 is 0 Å². The Bertz CT molecular complexity index is 3850. The Labute approximate surface area is 356 Å². The van der Waals surface area contributed by atoms with Gasteiger partial charge in [-0.2, -0.15) is 0 Å². The Kier molecular flexibility index (Phi) is 7.66. The molecule has 5 heteroatoms. The molecule has 3 heterocycles. The van der Waals surface area contributed by atoms with Crippen molar-refractivity contribution in [2.24, 2.45) is 0 Å². The van der Waals surface area contributed by atoms with Gasteiger partial charge >= 0.3 is 0 Å². The normalized spacial score (nSPS) is 14.1. The van der Waals surface area contributed by atoms with Crippen molar-refractivity contribution >= 4 is 76.1 Å². The van der Waals surface area contributed by atoms with E-state index in [-0.39, 0.29) is 5.92 Å². The van der Waals surface area contributed by atoms with Crippen LogP contribution in [0.4, 0.5) is 0 Å². The third-order valence-electron chi connectivity index (χ3n) is 12.7. The number of hydrogen-bond acceptors (Lipinski definition) is 4. The standard InChI is InChI=1S/C57H36N4O/c1-3-13-35(14-4-1)43-20-11-12-22-47(43)57-59-55(37-16-5-2-6-17-37)58-56(60-57)41-24-27-44-40(31-41)25-29-52-53(44)49-34-42(26-30-51(49)62-52)61-50-33-39-19-8-7-18-38(39)32-48(50)46-28-23-36-15-9-10-21-45(36)54(46)61/h1-13,15-35H,14H2. The second kappa shape index (κ2) is 13.7. The summed E-state index contributed by atoms with van der Waals surface area (Å²) in [6.07, 6.45) is 9.66. The summed E-state index contributed by atoms with van der Waals surface area (Å²) in [5.41, 5.74) is 9.28. The highest BCUT2D eigenvalue weighted by atomic mass is 16.3. The summed E-state index contributed by atoms with van der Waals surface area (Å²) in [6.45, 7) is 0. The van der Waals surface area contributed by atoms with Gasteiger partial charge in [-0.15, -0.1) is 0 Å². The van der Waals surface area contributed by atoms with Crippen LogP contribution in [0.1, 0.15) is 17.9 Å². The summed E-state index contributed by atoms with van der Waals surface area (Å²) in [6, 6.07) is 62.7. The van der Waals surface area contributed by atoms with E-state index < -0.39 is 0 Å². The molecule has 290 valence electrons. The molecule has 0 saturated heterocycles. The van der Waals surface area contributed by atoms with Gasteiger partial charge in [0, 0.05) is 55.2 Å².